The van der Waals surface area contributed by atoms with Crippen LogP contribution in [0.2, 0.25) is 0 Å². The van der Waals surface area contributed by atoms with E-state index in [1.807, 2.05) is 48.7 Å². The summed E-state index contributed by atoms with van der Waals surface area (Å²) >= 11 is 1.54. The van der Waals surface area contributed by atoms with Crippen LogP contribution >= 0.6 is 11.3 Å². The summed E-state index contributed by atoms with van der Waals surface area (Å²) in [6.45, 7) is 2.40. The number of thiophene rings is 1. The van der Waals surface area contributed by atoms with Crippen molar-refractivity contribution in [1.82, 2.24) is 9.88 Å². The predicted octanol–water partition coefficient (Wildman–Crippen LogP) is 4.68. The Kier molecular flexibility index (Phi) is 4.88. The fourth-order valence-electron chi connectivity index (χ4n) is 3.34. The summed E-state index contributed by atoms with van der Waals surface area (Å²) in [6.07, 6.45) is 0.738. The number of carbonyl (C=O) groups is 1. The van der Waals surface area contributed by atoms with Crippen LogP contribution in [-0.4, -0.2) is 22.8 Å². The van der Waals surface area contributed by atoms with Gasteiger partial charge in [0.15, 0.2) is 0 Å². The van der Waals surface area contributed by atoms with Crippen LogP contribution in [0.5, 0.6) is 0 Å². The van der Waals surface area contributed by atoms with E-state index in [2.05, 4.69) is 4.98 Å². The molecule has 0 unspecified atom stereocenters. The van der Waals surface area contributed by atoms with Gasteiger partial charge in [0.2, 0.25) is 0 Å². The molecule has 0 fully saturated rings. The number of amides is 1. The van der Waals surface area contributed by atoms with Crippen LogP contribution in [0.4, 0.5) is 0 Å². The molecule has 0 radical (unpaired) electrons. The highest BCUT2D eigenvalue weighted by Crippen LogP contribution is 2.27. The van der Waals surface area contributed by atoms with E-state index in [4.69, 9.17) is 4.42 Å². The van der Waals surface area contributed by atoms with Crippen LogP contribution in [0.1, 0.15) is 28.6 Å². The van der Waals surface area contributed by atoms with E-state index >= 15 is 0 Å². The van der Waals surface area contributed by atoms with E-state index in [0.29, 0.717) is 12.2 Å². The number of carbonyl (C=O) groups excluding carboxylic acids is 1. The van der Waals surface area contributed by atoms with Gasteiger partial charge in [-0.15, -0.1) is 11.3 Å². The number of aryl methyl sites for hydroxylation is 1. The molecule has 4 aromatic rings. The molecule has 5 nitrogen and oxygen atoms in total. The molecule has 0 aliphatic heterocycles. The number of nitrogens with one attached hydrogen (secondary N) is 1. The third-order valence-electron chi connectivity index (χ3n) is 4.77. The van der Waals surface area contributed by atoms with Gasteiger partial charge in [-0.1, -0.05) is 31.2 Å². The molecule has 0 saturated heterocycles. The van der Waals surface area contributed by atoms with E-state index in [0.717, 1.165) is 33.6 Å². The normalized spacial score (nSPS) is 11.1. The van der Waals surface area contributed by atoms with Crippen molar-refractivity contribution in [2.45, 2.75) is 19.9 Å². The summed E-state index contributed by atoms with van der Waals surface area (Å²) in [4.78, 5) is 30.7. The predicted molar refractivity (Wildman–Crippen MR) is 112 cm³/mol. The molecule has 1 amide bonds. The monoisotopic (exact) mass is 392 g/mol. The number of aromatic nitrogens is 1. The maximum atomic E-state index is 12.9. The Balaban J connectivity index is 1.62. The summed E-state index contributed by atoms with van der Waals surface area (Å²) in [5.74, 6) is 0.550. The van der Waals surface area contributed by atoms with Crippen LogP contribution in [0, 0.1) is 0 Å². The van der Waals surface area contributed by atoms with Crippen LogP contribution in [0.3, 0.4) is 0 Å². The third-order valence-corrected chi connectivity index (χ3v) is 5.67. The fraction of sp³-hybridized carbons (Fsp3) is 0.182. The summed E-state index contributed by atoms with van der Waals surface area (Å²) in [5.41, 5.74) is 2.27. The van der Waals surface area contributed by atoms with E-state index in [-0.39, 0.29) is 17.0 Å². The van der Waals surface area contributed by atoms with E-state index in [1.165, 1.54) is 11.3 Å². The Morgan fingerprint density at radius 1 is 1.14 bits per heavy atom. The van der Waals surface area contributed by atoms with Crippen molar-refractivity contribution in [2.24, 2.45) is 0 Å². The number of hydrogen-bond donors (Lipinski definition) is 1. The number of pyridine rings is 1. The minimum atomic E-state index is -0.379. The molecule has 4 rings (SSSR count). The molecular formula is C22H20N2O3S. The smallest absolute Gasteiger partial charge is 0.261 e. The lowest BCUT2D eigenvalue weighted by Gasteiger charge is -2.17. The van der Waals surface area contributed by atoms with Crippen molar-refractivity contribution in [3.63, 3.8) is 0 Å². The molecule has 0 aliphatic carbocycles. The Morgan fingerprint density at radius 3 is 2.68 bits per heavy atom. The first-order chi connectivity index (χ1) is 13.6. The van der Waals surface area contributed by atoms with Gasteiger partial charge in [-0.25, -0.2) is 0 Å². The minimum Gasteiger partial charge on any atom is -0.461 e. The second-order valence-corrected chi connectivity index (χ2v) is 7.55. The summed E-state index contributed by atoms with van der Waals surface area (Å²) in [7, 11) is 1.70. The van der Waals surface area contributed by atoms with Gasteiger partial charge in [0, 0.05) is 31.0 Å². The second kappa shape index (κ2) is 7.48. The van der Waals surface area contributed by atoms with Gasteiger partial charge >= 0.3 is 0 Å². The molecule has 1 N–H and O–H groups in total. The molecule has 0 atom stereocenters. The lowest BCUT2D eigenvalue weighted by molar-refractivity contribution is 0.0783. The maximum absolute atomic E-state index is 12.9. The lowest BCUT2D eigenvalue weighted by atomic mass is 10.1. The van der Waals surface area contributed by atoms with Crippen LogP contribution in [0.15, 0.2) is 63.1 Å². The molecule has 0 bridgehead atoms. The topological polar surface area (TPSA) is 66.3 Å². The van der Waals surface area contributed by atoms with Crippen molar-refractivity contribution >= 4 is 28.2 Å². The van der Waals surface area contributed by atoms with Gasteiger partial charge < -0.3 is 14.3 Å². The zero-order chi connectivity index (χ0) is 19.7. The summed E-state index contributed by atoms with van der Waals surface area (Å²) < 4.78 is 5.91. The average Bonchev–Trinajstić information content (AvgIpc) is 3.36. The van der Waals surface area contributed by atoms with Crippen molar-refractivity contribution in [3.05, 3.63) is 81.2 Å². The summed E-state index contributed by atoms with van der Waals surface area (Å²) in [5, 5.41) is 2.95. The zero-order valence-corrected chi connectivity index (χ0v) is 16.5. The van der Waals surface area contributed by atoms with E-state index in [1.54, 1.807) is 24.1 Å². The molecule has 3 aromatic heterocycles. The van der Waals surface area contributed by atoms with Gasteiger partial charge in [-0.05, 0) is 29.6 Å². The number of fused-ring (bicyclic) bond motifs is 1. The van der Waals surface area contributed by atoms with E-state index < -0.39 is 0 Å². The first-order valence-corrected chi connectivity index (χ1v) is 9.98. The molecule has 28 heavy (non-hydrogen) atoms. The van der Waals surface area contributed by atoms with E-state index in [9.17, 15) is 9.59 Å². The summed E-state index contributed by atoms with van der Waals surface area (Å²) in [6, 6.07) is 15.0. The molecule has 6 heteroatoms. The van der Waals surface area contributed by atoms with Gasteiger partial charge in [0.05, 0.1) is 10.6 Å². The number of benzene rings is 1. The highest BCUT2D eigenvalue weighted by molar-refractivity contribution is 7.13. The SMILES string of the molecule is CCc1oc2ccccc2c1CN(C)C(=O)c1ccc(-c2cccs2)[nH]c1=O. The van der Waals surface area contributed by atoms with Crippen LogP contribution in [-0.2, 0) is 13.0 Å². The van der Waals surface area contributed by atoms with Gasteiger partial charge in [-0.3, -0.25) is 9.59 Å². The highest BCUT2D eigenvalue weighted by Gasteiger charge is 2.20. The standard InChI is InChI=1S/C22H20N2O3S/c1-3-18-16(14-7-4-5-8-19(14)27-18)13-24(2)22(26)15-10-11-17(23-21(15)25)20-9-6-12-28-20/h4-12H,3,13H2,1-2H3,(H,23,25). The zero-order valence-electron chi connectivity index (χ0n) is 15.7. The number of rotatable bonds is 5. The molecule has 0 saturated carbocycles. The third kappa shape index (κ3) is 3.27. The molecular weight excluding hydrogens is 372 g/mol. The number of hydrogen-bond acceptors (Lipinski definition) is 4. The van der Waals surface area contributed by atoms with Crippen molar-refractivity contribution in [3.8, 4) is 10.6 Å². The second-order valence-electron chi connectivity index (χ2n) is 6.61. The highest BCUT2D eigenvalue weighted by atomic mass is 32.1. The molecule has 0 spiro atoms. The number of H-pyrrole nitrogens is 1. The van der Waals surface area contributed by atoms with Gasteiger partial charge in [0.25, 0.3) is 11.5 Å². The van der Waals surface area contributed by atoms with Crippen molar-refractivity contribution < 1.29 is 9.21 Å². The maximum Gasteiger partial charge on any atom is 0.261 e. The quantitative estimate of drug-likeness (QED) is 0.536. The Morgan fingerprint density at radius 2 is 1.96 bits per heavy atom. The average molecular weight is 392 g/mol. The molecule has 1 aromatic carbocycles. The molecule has 3 heterocycles. The largest absolute Gasteiger partial charge is 0.461 e. The van der Waals surface area contributed by atoms with Crippen molar-refractivity contribution in [1.29, 1.82) is 0 Å². The number of furan rings is 1. The van der Waals surface area contributed by atoms with Crippen LogP contribution in [0.25, 0.3) is 21.5 Å². The fourth-order valence-corrected chi connectivity index (χ4v) is 4.05. The lowest BCUT2D eigenvalue weighted by Crippen LogP contribution is -2.31. The van der Waals surface area contributed by atoms with Crippen LogP contribution < -0.4 is 5.56 Å². The minimum absolute atomic E-state index is 0.133. The van der Waals surface area contributed by atoms with Gasteiger partial charge in [0.1, 0.15) is 16.9 Å². The first kappa shape index (κ1) is 18.3. The van der Waals surface area contributed by atoms with Gasteiger partial charge in [-0.2, -0.15) is 0 Å². The Hall–Kier alpha value is -3.12. The molecule has 0 aliphatic rings. The number of para-hydroxylation sites is 1. The number of nitrogens with zero attached hydrogens (tertiary/aromatic N) is 1. The molecule has 142 valence electrons. The number of aromatic amines is 1. The Bertz CT molecular complexity index is 1190. The Labute approximate surface area is 166 Å². The first-order valence-electron chi connectivity index (χ1n) is 9.10. The van der Waals surface area contributed by atoms with Crippen molar-refractivity contribution in [2.75, 3.05) is 7.05 Å².